The SMILES string of the molecule is Cc1ccccc1N(C)c1cccc2ccccc12. The average molecular weight is 247 g/mol. The van der Waals surface area contributed by atoms with Gasteiger partial charge in [-0.25, -0.2) is 0 Å². The number of hydrogen-bond acceptors (Lipinski definition) is 1. The Kier molecular flexibility index (Phi) is 2.96. The van der Waals surface area contributed by atoms with Crippen molar-refractivity contribution in [2.45, 2.75) is 6.92 Å². The molecule has 1 nitrogen and oxygen atoms in total. The lowest BCUT2D eigenvalue weighted by Crippen LogP contribution is -2.11. The summed E-state index contributed by atoms with van der Waals surface area (Å²) in [7, 11) is 2.13. The van der Waals surface area contributed by atoms with Crippen molar-refractivity contribution in [1.82, 2.24) is 0 Å². The summed E-state index contributed by atoms with van der Waals surface area (Å²) in [6, 6.07) is 23.4. The summed E-state index contributed by atoms with van der Waals surface area (Å²) in [6.07, 6.45) is 0. The number of hydrogen-bond donors (Lipinski definition) is 0. The van der Waals surface area contributed by atoms with Gasteiger partial charge in [-0.05, 0) is 30.0 Å². The fraction of sp³-hybridized carbons (Fsp3) is 0.111. The van der Waals surface area contributed by atoms with Gasteiger partial charge in [0.05, 0.1) is 0 Å². The molecule has 19 heavy (non-hydrogen) atoms. The van der Waals surface area contributed by atoms with Crippen LogP contribution in [0.5, 0.6) is 0 Å². The van der Waals surface area contributed by atoms with Gasteiger partial charge < -0.3 is 4.90 Å². The van der Waals surface area contributed by atoms with Gasteiger partial charge in [0, 0.05) is 23.8 Å². The van der Waals surface area contributed by atoms with Crippen molar-refractivity contribution in [3.63, 3.8) is 0 Å². The second-order valence-electron chi connectivity index (χ2n) is 4.84. The zero-order valence-corrected chi connectivity index (χ0v) is 11.3. The summed E-state index contributed by atoms with van der Waals surface area (Å²) in [6.45, 7) is 2.15. The fourth-order valence-electron chi connectivity index (χ4n) is 2.57. The van der Waals surface area contributed by atoms with E-state index in [1.807, 2.05) is 0 Å². The second kappa shape index (κ2) is 4.77. The number of fused-ring (bicyclic) bond motifs is 1. The molecule has 0 aliphatic rings. The van der Waals surface area contributed by atoms with E-state index >= 15 is 0 Å². The zero-order valence-electron chi connectivity index (χ0n) is 11.3. The Morgan fingerprint density at radius 3 is 2.16 bits per heavy atom. The van der Waals surface area contributed by atoms with Gasteiger partial charge in [-0.2, -0.15) is 0 Å². The molecular formula is C18H17N. The lowest BCUT2D eigenvalue weighted by Gasteiger charge is -2.23. The number of benzene rings is 3. The van der Waals surface area contributed by atoms with Crippen LogP contribution in [0.2, 0.25) is 0 Å². The van der Waals surface area contributed by atoms with Crippen molar-refractivity contribution in [2.24, 2.45) is 0 Å². The lowest BCUT2D eigenvalue weighted by molar-refractivity contribution is 1.20. The van der Waals surface area contributed by atoms with Gasteiger partial charge in [-0.3, -0.25) is 0 Å². The van der Waals surface area contributed by atoms with Crippen molar-refractivity contribution in [2.75, 3.05) is 11.9 Å². The minimum absolute atomic E-state index is 1.24. The number of nitrogens with zero attached hydrogens (tertiary/aromatic N) is 1. The first-order chi connectivity index (χ1) is 9.27. The highest BCUT2D eigenvalue weighted by atomic mass is 15.1. The maximum absolute atomic E-state index is 2.26. The molecule has 0 aliphatic heterocycles. The molecule has 3 aromatic rings. The molecule has 0 radical (unpaired) electrons. The number of anilines is 2. The van der Waals surface area contributed by atoms with Crippen LogP contribution in [0.1, 0.15) is 5.56 Å². The molecule has 0 amide bonds. The summed E-state index contributed by atoms with van der Waals surface area (Å²) in [5.74, 6) is 0. The van der Waals surface area contributed by atoms with E-state index < -0.39 is 0 Å². The Morgan fingerprint density at radius 1 is 0.684 bits per heavy atom. The van der Waals surface area contributed by atoms with Crippen LogP contribution in [0.4, 0.5) is 11.4 Å². The average Bonchev–Trinajstić information content (AvgIpc) is 2.46. The van der Waals surface area contributed by atoms with Gasteiger partial charge in [0.25, 0.3) is 0 Å². The first-order valence-corrected chi connectivity index (χ1v) is 6.54. The van der Waals surface area contributed by atoms with Gasteiger partial charge in [0.15, 0.2) is 0 Å². The largest absolute Gasteiger partial charge is 0.344 e. The predicted molar refractivity (Wildman–Crippen MR) is 83.2 cm³/mol. The van der Waals surface area contributed by atoms with E-state index in [9.17, 15) is 0 Å². The highest BCUT2D eigenvalue weighted by Crippen LogP contribution is 2.32. The third kappa shape index (κ3) is 2.08. The highest BCUT2D eigenvalue weighted by Gasteiger charge is 2.09. The molecule has 0 saturated carbocycles. The van der Waals surface area contributed by atoms with Gasteiger partial charge in [-0.1, -0.05) is 54.6 Å². The van der Waals surface area contributed by atoms with E-state index in [4.69, 9.17) is 0 Å². The van der Waals surface area contributed by atoms with Crippen LogP contribution >= 0.6 is 0 Å². The molecule has 0 aromatic heterocycles. The third-order valence-corrected chi connectivity index (χ3v) is 3.60. The molecule has 0 spiro atoms. The molecule has 0 heterocycles. The Labute approximate surface area is 114 Å². The van der Waals surface area contributed by atoms with Crippen LogP contribution in [0, 0.1) is 6.92 Å². The summed E-state index contributed by atoms with van der Waals surface area (Å²) < 4.78 is 0. The summed E-state index contributed by atoms with van der Waals surface area (Å²) in [5.41, 5.74) is 3.78. The smallest absolute Gasteiger partial charge is 0.0487 e. The molecule has 0 aliphatic carbocycles. The highest BCUT2D eigenvalue weighted by molar-refractivity contribution is 5.96. The molecule has 94 valence electrons. The summed E-state index contributed by atoms with van der Waals surface area (Å²) in [5, 5.41) is 2.57. The minimum Gasteiger partial charge on any atom is -0.344 e. The quantitative estimate of drug-likeness (QED) is 0.621. The topological polar surface area (TPSA) is 3.24 Å². The van der Waals surface area contributed by atoms with E-state index in [2.05, 4.69) is 85.6 Å². The monoisotopic (exact) mass is 247 g/mol. The Morgan fingerprint density at radius 2 is 1.32 bits per heavy atom. The van der Waals surface area contributed by atoms with E-state index in [0.29, 0.717) is 0 Å². The van der Waals surface area contributed by atoms with Crippen molar-refractivity contribution in [3.8, 4) is 0 Å². The Balaban J connectivity index is 2.17. The molecule has 0 atom stereocenters. The van der Waals surface area contributed by atoms with Gasteiger partial charge in [0.1, 0.15) is 0 Å². The standard InChI is InChI=1S/C18H17N/c1-14-8-3-6-12-17(14)19(2)18-13-7-10-15-9-4-5-11-16(15)18/h3-13H,1-2H3. The number of para-hydroxylation sites is 1. The van der Waals surface area contributed by atoms with Crippen LogP contribution in [0.3, 0.4) is 0 Å². The van der Waals surface area contributed by atoms with Crippen LogP contribution in [-0.2, 0) is 0 Å². The normalized spacial score (nSPS) is 10.6. The molecule has 3 aromatic carbocycles. The van der Waals surface area contributed by atoms with Crippen LogP contribution in [0.25, 0.3) is 10.8 Å². The van der Waals surface area contributed by atoms with E-state index in [1.54, 1.807) is 0 Å². The first kappa shape index (κ1) is 11.8. The lowest BCUT2D eigenvalue weighted by atomic mass is 10.1. The molecule has 0 N–H and O–H groups in total. The van der Waals surface area contributed by atoms with E-state index in [1.165, 1.54) is 27.7 Å². The summed E-state index contributed by atoms with van der Waals surface area (Å²) >= 11 is 0. The van der Waals surface area contributed by atoms with Crippen molar-refractivity contribution < 1.29 is 0 Å². The predicted octanol–water partition coefficient (Wildman–Crippen LogP) is 4.92. The van der Waals surface area contributed by atoms with E-state index in [0.717, 1.165) is 0 Å². The third-order valence-electron chi connectivity index (χ3n) is 3.60. The van der Waals surface area contributed by atoms with Gasteiger partial charge in [-0.15, -0.1) is 0 Å². The first-order valence-electron chi connectivity index (χ1n) is 6.54. The maximum Gasteiger partial charge on any atom is 0.0487 e. The molecule has 1 heteroatoms. The van der Waals surface area contributed by atoms with Gasteiger partial charge >= 0.3 is 0 Å². The minimum atomic E-state index is 1.24. The van der Waals surface area contributed by atoms with Crippen LogP contribution < -0.4 is 4.90 Å². The molecule has 0 fully saturated rings. The fourth-order valence-corrected chi connectivity index (χ4v) is 2.57. The van der Waals surface area contributed by atoms with Crippen LogP contribution in [-0.4, -0.2) is 7.05 Å². The number of aryl methyl sites for hydroxylation is 1. The molecule has 0 saturated heterocycles. The number of rotatable bonds is 2. The molecule has 0 bridgehead atoms. The molecular weight excluding hydrogens is 230 g/mol. The van der Waals surface area contributed by atoms with Crippen molar-refractivity contribution >= 4 is 22.1 Å². The zero-order chi connectivity index (χ0) is 13.2. The Bertz CT molecular complexity index is 710. The van der Waals surface area contributed by atoms with Crippen molar-refractivity contribution in [1.29, 1.82) is 0 Å². The summed E-state index contributed by atoms with van der Waals surface area (Å²) in [4.78, 5) is 2.26. The second-order valence-corrected chi connectivity index (χ2v) is 4.84. The van der Waals surface area contributed by atoms with Crippen molar-refractivity contribution in [3.05, 3.63) is 72.3 Å². The van der Waals surface area contributed by atoms with Gasteiger partial charge in [0.2, 0.25) is 0 Å². The molecule has 3 rings (SSSR count). The van der Waals surface area contributed by atoms with E-state index in [-0.39, 0.29) is 0 Å². The van der Waals surface area contributed by atoms with Crippen LogP contribution in [0.15, 0.2) is 66.7 Å². The Hall–Kier alpha value is -2.28. The maximum atomic E-state index is 2.26. The molecule has 0 unspecified atom stereocenters.